The summed E-state index contributed by atoms with van der Waals surface area (Å²) in [5.41, 5.74) is 8.85. The number of aromatic nitrogens is 2. The van der Waals surface area contributed by atoms with E-state index >= 15 is 0 Å². The van der Waals surface area contributed by atoms with Crippen molar-refractivity contribution in [2.45, 2.75) is 57.2 Å². The second-order valence-corrected chi connectivity index (χ2v) is 12.8. The van der Waals surface area contributed by atoms with E-state index in [1.54, 1.807) is 4.90 Å². The molecule has 0 saturated carbocycles. The fourth-order valence-corrected chi connectivity index (χ4v) is 7.48. The first kappa shape index (κ1) is 32.0. The van der Waals surface area contributed by atoms with Gasteiger partial charge in [-0.1, -0.05) is 42.4 Å². The molecule has 0 radical (unpaired) electrons. The molecule has 0 aliphatic carbocycles. The minimum absolute atomic E-state index is 0.148. The Labute approximate surface area is 276 Å². The average molecular weight is 643 g/mol. The number of amides is 1. The number of likely N-dealkylation sites (tertiary alicyclic amines) is 1. The van der Waals surface area contributed by atoms with Crippen LogP contribution in [0.4, 0.5) is 11.5 Å². The molecule has 46 heavy (non-hydrogen) atoms. The minimum Gasteiger partial charge on any atom is -0.462 e. The predicted molar refractivity (Wildman–Crippen MR) is 182 cm³/mol. The van der Waals surface area contributed by atoms with Gasteiger partial charge < -0.3 is 25.2 Å². The Morgan fingerprint density at radius 1 is 1.11 bits per heavy atom. The Balaban J connectivity index is 1.30. The van der Waals surface area contributed by atoms with Crippen molar-refractivity contribution >= 4 is 39.8 Å². The largest absolute Gasteiger partial charge is 0.462 e. The first-order chi connectivity index (χ1) is 22.5. The molecule has 4 heterocycles. The third-order valence-electron chi connectivity index (χ3n) is 9.57. The van der Waals surface area contributed by atoms with Crippen molar-refractivity contribution in [3.05, 3.63) is 65.3 Å². The van der Waals surface area contributed by atoms with Crippen LogP contribution >= 0.6 is 11.6 Å². The maximum Gasteiger partial charge on any atom is 0.318 e. The van der Waals surface area contributed by atoms with Crippen molar-refractivity contribution in [1.29, 1.82) is 5.26 Å². The highest BCUT2D eigenvalue weighted by Gasteiger charge is 2.34. The smallest absolute Gasteiger partial charge is 0.318 e. The zero-order valence-electron chi connectivity index (χ0n) is 26.4. The van der Waals surface area contributed by atoms with Gasteiger partial charge in [0.1, 0.15) is 12.4 Å². The van der Waals surface area contributed by atoms with E-state index < -0.39 is 0 Å². The Hall–Kier alpha value is -3.91. The average Bonchev–Trinajstić information content (AvgIpc) is 3.53. The topological polar surface area (TPSA) is 115 Å². The number of anilines is 2. The van der Waals surface area contributed by atoms with Gasteiger partial charge in [-0.2, -0.15) is 15.2 Å². The Bertz CT molecular complexity index is 1600. The van der Waals surface area contributed by atoms with Crippen LogP contribution in [0.5, 0.6) is 6.01 Å². The molecule has 2 fully saturated rings. The number of hydrogen-bond donors (Lipinski definition) is 1. The van der Waals surface area contributed by atoms with Crippen LogP contribution in [0, 0.1) is 11.3 Å². The number of nitrogens with two attached hydrogens (primary N) is 1. The number of nitriles is 1. The Morgan fingerprint density at radius 2 is 1.96 bits per heavy atom. The fourth-order valence-electron chi connectivity index (χ4n) is 7.20. The molecule has 3 aliphatic heterocycles. The zero-order valence-corrected chi connectivity index (χ0v) is 27.2. The van der Waals surface area contributed by atoms with Gasteiger partial charge in [0.05, 0.1) is 35.8 Å². The molecular formula is C35H43ClN8O2. The van der Waals surface area contributed by atoms with Gasteiger partial charge in [0.15, 0.2) is 0 Å². The summed E-state index contributed by atoms with van der Waals surface area (Å²) in [6.07, 6.45) is 6.68. The maximum atomic E-state index is 12.6. The number of carbonyl (C=O) groups excluding carboxylic acids is 1. The number of hydrogen-bond acceptors (Lipinski definition) is 9. The van der Waals surface area contributed by atoms with Gasteiger partial charge in [-0.3, -0.25) is 9.69 Å². The highest BCUT2D eigenvalue weighted by atomic mass is 35.5. The van der Waals surface area contributed by atoms with Crippen LogP contribution in [-0.4, -0.2) is 90.2 Å². The van der Waals surface area contributed by atoms with E-state index in [1.807, 2.05) is 12.1 Å². The summed E-state index contributed by atoms with van der Waals surface area (Å²) in [7, 11) is 0. The lowest BCUT2D eigenvalue weighted by Gasteiger charge is -2.42. The van der Waals surface area contributed by atoms with Gasteiger partial charge in [-0.25, -0.2) is 0 Å². The van der Waals surface area contributed by atoms with Crippen molar-refractivity contribution in [2.75, 3.05) is 62.2 Å². The Kier molecular flexibility index (Phi) is 10.2. The molecule has 3 aliphatic rings. The second kappa shape index (κ2) is 14.7. The quantitative estimate of drug-likeness (QED) is 0.238. The zero-order chi connectivity index (χ0) is 32.0. The molecule has 3 aromatic rings. The van der Waals surface area contributed by atoms with Crippen LogP contribution in [0.3, 0.4) is 0 Å². The molecule has 1 aromatic heterocycles. The first-order valence-electron chi connectivity index (χ1n) is 16.4. The van der Waals surface area contributed by atoms with Crippen LogP contribution < -0.4 is 20.3 Å². The number of benzene rings is 2. The summed E-state index contributed by atoms with van der Waals surface area (Å²) in [5, 5.41) is 12.5. The van der Waals surface area contributed by atoms with E-state index in [4.69, 9.17) is 32.0 Å². The molecule has 10 nitrogen and oxygen atoms in total. The van der Waals surface area contributed by atoms with Gasteiger partial charge in [-0.05, 0) is 75.3 Å². The van der Waals surface area contributed by atoms with Crippen molar-refractivity contribution in [1.82, 2.24) is 19.8 Å². The van der Waals surface area contributed by atoms with Crippen LogP contribution in [0.2, 0.25) is 5.02 Å². The second-order valence-electron chi connectivity index (χ2n) is 12.4. The summed E-state index contributed by atoms with van der Waals surface area (Å²) in [6, 6.07) is 15.0. The molecular weight excluding hydrogens is 600 g/mol. The van der Waals surface area contributed by atoms with E-state index in [-0.39, 0.29) is 18.4 Å². The monoisotopic (exact) mass is 642 g/mol. The van der Waals surface area contributed by atoms with Gasteiger partial charge >= 0.3 is 6.01 Å². The number of nitrogens with zero attached hydrogens (tertiary/aromatic N) is 7. The number of rotatable bonds is 11. The molecule has 242 valence electrons. The number of piperazine rings is 1. The highest BCUT2D eigenvalue weighted by Crippen LogP contribution is 2.37. The number of halogens is 1. The lowest BCUT2D eigenvalue weighted by Crippen LogP contribution is -2.55. The minimum atomic E-state index is -0.252. The van der Waals surface area contributed by atoms with Crippen LogP contribution in [-0.2, 0) is 17.8 Å². The van der Waals surface area contributed by atoms with E-state index in [0.29, 0.717) is 51.4 Å². The number of unbranched alkanes of at least 4 members (excludes halogenated alkanes) is 1. The maximum absolute atomic E-state index is 12.6. The molecule has 0 spiro atoms. The van der Waals surface area contributed by atoms with E-state index in [9.17, 15) is 10.1 Å². The Morgan fingerprint density at radius 3 is 2.76 bits per heavy atom. The molecule has 2 atom stereocenters. The standard InChI is InChI=1S/C35H43ClN8O2/c1-2-32(45)44-21-20-43(22-26(44)13-16-38)34-28-14-19-42(31-12-6-9-25-8-5-11-29(36)33(25)31)23-30(28)39-35(40-34)46-24-27-10-7-18-41(27)17-4-3-15-37/h2,5-6,8-9,11-12,26-27H,1,3-4,7,10,13-15,17-24,37H2/t26-,27-/m0/s1. The lowest BCUT2D eigenvalue weighted by atomic mass is 10.0. The third-order valence-corrected chi connectivity index (χ3v) is 9.88. The SMILES string of the molecule is C=CC(=O)N1CCN(c2nc(OC[C@@H]3CCCN3CCCCN)nc3c2CCN(c2cccc4cccc(Cl)c24)C3)C[C@@H]1CC#N. The van der Waals surface area contributed by atoms with Crippen molar-refractivity contribution < 1.29 is 9.53 Å². The number of fused-ring (bicyclic) bond motifs is 2. The van der Waals surface area contributed by atoms with Crippen molar-refractivity contribution in [3.63, 3.8) is 0 Å². The van der Waals surface area contributed by atoms with Gasteiger partial charge in [0, 0.05) is 48.9 Å². The van der Waals surface area contributed by atoms with Crippen molar-refractivity contribution in [2.24, 2.45) is 5.73 Å². The fraction of sp³-hybridized carbons (Fsp3) is 0.486. The summed E-state index contributed by atoms with van der Waals surface area (Å²) >= 11 is 6.73. The van der Waals surface area contributed by atoms with E-state index in [1.165, 1.54) is 6.08 Å². The number of carbonyl (C=O) groups is 1. The molecule has 2 saturated heterocycles. The van der Waals surface area contributed by atoms with Crippen molar-refractivity contribution in [3.8, 4) is 12.1 Å². The first-order valence-corrected chi connectivity index (χ1v) is 16.8. The van der Waals surface area contributed by atoms with Crippen LogP contribution in [0.25, 0.3) is 10.8 Å². The summed E-state index contributed by atoms with van der Waals surface area (Å²) in [4.78, 5) is 31.5. The van der Waals surface area contributed by atoms with Gasteiger partial charge in [-0.15, -0.1) is 0 Å². The van der Waals surface area contributed by atoms with Crippen LogP contribution in [0.1, 0.15) is 43.4 Å². The van der Waals surface area contributed by atoms with E-state index in [2.05, 4.69) is 51.6 Å². The number of ether oxygens (including phenoxy) is 1. The van der Waals surface area contributed by atoms with Gasteiger partial charge in [0.2, 0.25) is 5.91 Å². The highest BCUT2D eigenvalue weighted by molar-refractivity contribution is 6.36. The molecule has 0 bridgehead atoms. The summed E-state index contributed by atoms with van der Waals surface area (Å²) in [5.74, 6) is 0.695. The van der Waals surface area contributed by atoms with Crippen LogP contribution in [0.15, 0.2) is 49.1 Å². The molecule has 2 N–H and O–H groups in total. The summed E-state index contributed by atoms with van der Waals surface area (Å²) < 4.78 is 6.42. The van der Waals surface area contributed by atoms with E-state index in [0.717, 1.165) is 90.3 Å². The lowest BCUT2D eigenvalue weighted by molar-refractivity contribution is -0.128. The molecule has 2 aromatic carbocycles. The predicted octanol–water partition coefficient (Wildman–Crippen LogP) is 4.54. The molecule has 11 heteroatoms. The molecule has 0 unspecified atom stereocenters. The third kappa shape index (κ3) is 6.77. The molecule has 1 amide bonds. The normalized spacial score (nSPS) is 20.1. The van der Waals surface area contributed by atoms with Gasteiger partial charge in [0.25, 0.3) is 0 Å². The summed E-state index contributed by atoms with van der Waals surface area (Å²) in [6.45, 7) is 9.99. The molecule has 6 rings (SSSR count).